The van der Waals surface area contributed by atoms with Crippen LogP contribution in [0.5, 0.6) is 11.5 Å². The molecule has 3 rings (SSSR count). The Morgan fingerprint density at radius 1 is 1.33 bits per heavy atom. The van der Waals surface area contributed by atoms with Gasteiger partial charge in [-0.25, -0.2) is 4.79 Å². The lowest BCUT2D eigenvalue weighted by Gasteiger charge is -2.40. The lowest BCUT2D eigenvalue weighted by molar-refractivity contribution is -0.133. The monoisotopic (exact) mass is 333 g/mol. The standard InChI is InChI=1S/C17H23N3O4/c1-17(8-12-3-4-13-14(7-12)24-11-23-13)5-2-6-20(10-17)15(21)9-19-16(18)22/h3-4,7H,2,5-6,8-11H2,1H3,(H3,18,19,22). The number of fused-ring (bicyclic) bond motifs is 1. The molecule has 0 spiro atoms. The van der Waals surface area contributed by atoms with E-state index >= 15 is 0 Å². The molecule has 1 atom stereocenters. The van der Waals surface area contributed by atoms with Crippen LogP contribution in [0.25, 0.3) is 0 Å². The van der Waals surface area contributed by atoms with E-state index in [1.807, 2.05) is 23.1 Å². The average molecular weight is 333 g/mol. The first-order valence-corrected chi connectivity index (χ1v) is 8.15. The van der Waals surface area contributed by atoms with E-state index in [1.165, 1.54) is 5.56 Å². The Kier molecular flexibility index (Phi) is 4.51. The van der Waals surface area contributed by atoms with E-state index in [-0.39, 0.29) is 24.7 Å². The number of carbonyl (C=O) groups excluding carboxylic acids is 2. The van der Waals surface area contributed by atoms with Crippen molar-refractivity contribution in [1.29, 1.82) is 0 Å². The third-order valence-corrected chi connectivity index (χ3v) is 4.62. The van der Waals surface area contributed by atoms with Crippen LogP contribution in [0.15, 0.2) is 18.2 Å². The molecule has 2 aliphatic rings. The molecular weight excluding hydrogens is 310 g/mol. The van der Waals surface area contributed by atoms with Crippen LogP contribution in [0.2, 0.25) is 0 Å². The molecule has 0 aromatic heterocycles. The van der Waals surface area contributed by atoms with E-state index in [0.717, 1.165) is 37.3 Å². The SMILES string of the molecule is CC1(Cc2ccc3c(c2)OCO3)CCCN(C(=O)CNC(N)=O)C1. The molecule has 0 radical (unpaired) electrons. The normalized spacial score (nSPS) is 22.3. The fraction of sp³-hybridized carbons (Fsp3) is 0.529. The van der Waals surface area contributed by atoms with Crippen molar-refractivity contribution < 1.29 is 19.1 Å². The lowest BCUT2D eigenvalue weighted by atomic mass is 9.77. The summed E-state index contributed by atoms with van der Waals surface area (Å²) in [6.45, 7) is 3.80. The Morgan fingerprint density at radius 3 is 2.92 bits per heavy atom. The summed E-state index contributed by atoms with van der Waals surface area (Å²) >= 11 is 0. The molecule has 2 heterocycles. The number of piperidine rings is 1. The van der Waals surface area contributed by atoms with E-state index in [9.17, 15) is 9.59 Å². The highest BCUT2D eigenvalue weighted by molar-refractivity contribution is 5.83. The van der Waals surface area contributed by atoms with Crippen molar-refractivity contribution in [2.45, 2.75) is 26.2 Å². The number of hydrogen-bond donors (Lipinski definition) is 2. The van der Waals surface area contributed by atoms with Crippen LogP contribution in [0.1, 0.15) is 25.3 Å². The van der Waals surface area contributed by atoms with Crippen molar-refractivity contribution in [1.82, 2.24) is 10.2 Å². The third kappa shape index (κ3) is 3.72. The van der Waals surface area contributed by atoms with Gasteiger partial charge in [-0.05, 0) is 42.4 Å². The van der Waals surface area contributed by atoms with Gasteiger partial charge in [0.2, 0.25) is 12.7 Å². The molecule has 7 heteroatoms. The van der Waals surface area contributed by atoms with Gasteiger partial charge in [-0.1, -0.05) is 13.0 Å². The number of primary amides is 1. The first-order valence-electron chi connectivity index (χ1n) is 8.15. The summed E-state index contributed by atoms with van der Waals surface area (Å²) in [6.07, 6.45) is 2.86. The summed E-state index contributed by atoms with van der Waals surface area (Å²) in [4.78, 5) is 24.8. The Hall–Kier alpha value is -2.44. The number of nitrogens with one attached hydrogen (secondary N) is 1. The van der Waals surface area contributed by atoms with Crippen LogP contribution in [0.3, 0.4) is 0 Å². The highest BCUT2D eigenvalue weighted by Crippen LogP contribution is 2.37. The van der Waals surface area contributed by atoms with E-state index in [2.05, 4.69) is 12.2 Å². The maximum atomic E-state index is 12.2. The van der Waals surface area contributed by atoms with Crippen LogP contribution in [-0.4, -0.2) is 43.3 Å². The number of likely N-dealkylation sites (tertiary alicyclic amines) is 1. The summed E-state index contributed by atoms with van der Waals surface area (Å²) < 4.78 is 10.8. The molecule has 0 aliphatic carbocycles. The quantitative estimate of drug-likeness (QED) is 0.867. The van der Waals surface area contributed by atoms with Gasteiger partial charge in [0.1, 0.15) is 0 Å². The second kappa shape index (κ2) is 6.59. The Bertz CT molecular complexity index is 649. The maximum absolute atomic E-state index is 12.2. The van der Waals surface area contributed by atoms with Crippen molar-refractivity contribution in [3.8, 4) is 11.5 Å². The van der Waals surface area contributed by atoms with Crippen LogP contribution in [0, 0.1) is 5.41 Å². The molecule has 1 unspecified atom stereocenters. The van der Waals surface area contributed by atoms with E-state index in [1.54, 1.807) is 0 Å². The number of amides is 3. The fourth-order valence-electron chi connectivity index (χ4n) is 3.49. The zero-order valence-corrected chi connectivity index (χ0v) is 13.8. The molecule has 1 saturated heterocycles. The summed E-state index contributed by atoms with van der Waals surface area (Å²) in [6, 6.07) is 5.32. The molecule has 130 valence electrons. The fourth-order valence-corrected chi connectivity index (χ4v) is 3.49. The van der Waals surface area contributed by atoms with Crippen LogP contribution in [0.4, 0.5) is 4.79 Å². The summed E-state index contributed by atoms with van der Waals surface area (Å²) in [7, 11) is 0. The molecular formula is C17H23N3O4. The lowest BCUT2D eigenvalue weighted by Crippen LogP contribution is -2.49. The number of benzene rings is 1. The Balaban J connectivity index is 1.64. The zero-order chi connectivity index (χ0) is 17.2. The number of urea groups is 1. The van der Waals surface area contributed by atoms with Crippen LogP contribution >= 0.6 is 0 Å². The van der Waals surface area contributed by atoms with Crippen LogP contribution in [-0.2, 0) is 11.2 Å². The molecule has 7 nitrogen and oxygen atoms in total. The molecule has 24 heavy (non-hydrogen) atoms. The largest absolute Gasteiger partial charge is 0.454 e. The van der Waals surface area contributed by atoms with Crippen molar-refractivity contribution in [2.24, 2.45) is 11.1 Å². The highest BCUT2D eigenvalue weighted by atomic mass is 16.7. The second-order valence-electron chi connectivity index (χ2n) is 6.81. The van der Waals surface area contributed by atoms with Crippen molar-refractivity contribution in [3.05, 3.63) is 23.8 Å². The van der Waals surface area contributed by atoms with Gasteiger partial charge >= 0.3 is 6.03 Å². The molecule has 0 bridgehead atoms. The molecule has 3 amide bonds. The topological polar surface area (TPSA) is 93.9 Å². The number of rotatable bonds is 4. The Morgan fingerprint density at radius 2 is 2.12 bits per heavy atom. The van der Waals surface area contributed by atoms with Gasteiger partial charge in [-0.2, -0.15) is 0 Å². The first-order chi connectivity index (χ1) is 11.5. The minimum atomic E-state index is -0.677. The first kappa shape index (κ1) is 16.4. The maximum Gasteiger partial charge on any atom is 0.312 e. The van der Waals surface area contributed by atoms with E-state index in [4.69, 9.17) is 15.2 Å². The number of nitrogens with zero attached hydrogens (tertiary/aromatic N) is 1. The van der Waals surface area contributed by atoms with Crippen LogP contribution < -0.4 is 20.5 Å². The van der Waals surface area contributed by atoms with E-state index < -0.39 is 6.03 Å². The van der Waals surface area contributed by atoms with E-state index in [0.29, 0.717) is 6.54 Å². The third-order valence-electron chi connectivity index (χ3n) is 4.62. The van der Waals surface area contributed by atoms with Gasteiger partial charge in [0.25, 0.3) is 0 Å². The molecule has 1 fully saturated rings. The predicted molar refractivity (Wildman–Crippen MR) is 87.8 cm³/mol. The number of hydrogen-bond acceptors (Lipinski definition) is 4. The van der Waals surface area contributed by atoms with Crippen molar-refractivity contribution in [2.75, 3.05) is 26.4 Å². The van der Waals surface area contributed by atoms with Crippen molar-refractivity contribution >= 4 is 11.9 Å². The van der Waals surface area contributed by atoms with Gasteiger partial charge in [-0.15, -0.1) is 0 Å². The molecule has 1 aromatic carbocycles. The average Bonchev–Trinajstić information content (AvgIpc) is 2.99. The minimum absolute atomic E-state index is 0.00562. The zero-order valence-electron chi connectivity index (χ0n) is 13.8. The minimum Gasteiger partial charge on any atom is -0.454 e. The predicted octanol–water partition coefficient (Wildman–Crippen LogP) is 1.25. The molecule has 2 aliphatic heterocycles. The molecule has 1 aromatic rings. The van der Waals surface area contributed by atoms with Gasteiger partial charge in [0.05, 0.1) is 6.54 Å². The smallest absolute Gasteiger partial charge is 0.312 e. The van der Waals surface area contributed by atoms with Gasteiger partial charge in [-0.3, -0.25) is 4.79 Å². The highest BCUT2D eigenvalue weighted by Gasteiger charge is 2.33. The van der Waals surface area contributed by atoms with Crippen molar-refractivity contribution in [3.63, 3.8) is 0 Å². The van der Waals surface area contributed by atoms with Gasteiger partial charge < -0.3 is 25.4 Å². The number of ether oxygens (including phenoxy) is 2. The summed E-state index contributed by atoms with van der Waals surface area (Å²) in [5, 5.41) is 2.37. The Labute approximate surface area is 141 Å². The van der Waals surface area contributed by atoms with Gasteiger partial charge in [0, 0.05) is 13.1 Å². The summed E-state index contributed by atoms with van der Waals surface area (Å²) in [5.41, 5.74) is 6.19. The van der Waals surface area contributed by atoms with Gasteiger partial charge in [0.15, 0.2) is 11.5 Å². The number of carbonyl (C=O) groups is 2. The summed E-state index contributed by atoms with van der Waals surface area (Å²) in [5.74, 6) is 1.47. The molecule has 0 saturated carbocycles. The molecule has 3 N–H and O–H groups in total. The number of nitrogens with two attached hydrogens (primary N) is 1. The second-order valence-corrected chi connectivity index (χ2v) is 6.81.